The Morgan fingerprint density at radius 1 is 1.00 bits per heavy atom. The lowest BCUT2D eigenvalue weighted by Gasteiger charge is -2.37. The fraction of sp³-hybridized carbons (Fsp3) is 0.458. The molecule has 0 unspecified atom stereocenters. The maximum absolute atomic E-state index is 13.5. The van der Waals surface area contributed by atoms with Gasteiger partial charge in [0.2, 0.25) is 0 Å². The molecular formula is C24H30N4O4. The molecule has 2 fully saturated rings. The van der Waals surface area contributed by atoms with Crippen molar-refractivity contribution in [2.75, 3.05) is 56.2 Å². The Hall–Kier alpha value is -3.29. The lowest BCUT2D eigenvalue weighted by molar-refractivity contribution is -0.384. The standard InChI is InChI=1S/C24H30N4O4/c1-18-8-10-26(11-9-18)23-7-6-20(28(30)31)17-22(23)24(29)27-14-12-25(13-15-27)19-4-3-5-21(16-19)32-2/h3-7,16-18H,8-15H2,1-2H3. The molecule has 2 heterocycles. The number of nitrogens with zero attached hydrogens (tertiary/aromatic N) is 4. The second-order valence-corrected chi connectivity index (χ2v) is 8.61. The summed E-state index contributed by atoms with van der Waals surface area (Å²) < 4.78 is 5.32. The Morgan fingerprint density at radius 2 is 1.72 bits per heavy atom. The van der Waals surface area contributed by atoms with Crippen molar-refractivity contribution in [1.82, 2.24) is 4.90 Å². The van der Waals surface area contributed by atoms with E-state index in [4.69, 9.17) is 4.74 Å². The van der Waals surface area contributed by atoms with E-state index in [1.54, 1.807) is 13.2 Å². The highest BCUT2D eigenvalue weighted by Crippen LogP contribution is 2.31. The van der Waals surface area contributed by atoms with Crippen molar-refractivity contribution in [3.05, 3.63) is 58.1 Å². The normalized spacial score (nSPS) is 17.4. The van der Waals surface area contributed by atoms with Crippen molar-refractivity contribution in [2.45, 2.75) is 19.8 Å². The van der Waals surface area contributed by atoms with Crippen LogP contribution in [0.3, 0.4) is 0 Å². The van der Waals surface area contributed by atoms with Crippen LogP contribution in [0.25, 0.3) is 0 Å². The number of carbonyl (C=O) groups excluding carboxylic acids is 1. The third kappa shape index (κ3) is 4.64. The van der Waals surface area contributed by atoms with Crippen LogP contribution in [0.5, 0.6) is 5.75 Å². The maximum Gasteiger partial charge on any atom is 0.270 e. The van der Waals surface area contributed by atoms with Gasteiger partial charge in [-0.05, 0) is 37.0 Å². The van der Waals surface area contributed by atoms with Crippen LogP contribution in [-0.4, -0.2) is 62.1 Å². The van der Waals surface area contributed by atoms with Crippen molar-refractivity contribution in [2.24, 2.45) is 5.92 Å². The first-order chi connectivity index (χ1) is 15.5. The van der Waals surface area contributed by atoms with Gasteiger partial charge < -0.3 is 19.4 Å². The highest BCUT2D eigenvalue weighted by molar-refractivity contribution is 6.00. The zero-order valence-corrected chi connectivity index (χ0v) is 18.7. The number of methoxy groups -OCH3 is 1. The van der Waals surface area contributed by atoms with Gasteiger partial charge in [-0.2, -0.15) is 0 Å². The molecule has 0 radical (unpaired) electrons. The van der Waals surface area contributed by atoms with Gasteiger partial charge in [0, 0.05) is 63.2 Å². The molecule has 2 aliphatic rings. The quantitative estimate of drug-likeness (QED) is 0.522. The van der Waals surface area contributed by atoms with Gasteiger partial charge >= 0.3 is 0 Å². The van der Waals surface area contributed by atoms with E-state index in [0.29, 0.717) is 37.7 Å². The highest BCUT2D eigenvalue weighted by Gasteiger charge is 2.28. The Balaban J connectivity index is 1.52. The minimum atomic E-state index is -0.431. The topological polar surface area (TPSA) is 79.2 Å². The summed E-state index contributed by atoms with van der Waals surface area (Å²) in [7, 11) is 1.65. The van der Waals surface area contributed by atoms with Crippen LogP contribution in [0.2, 0.25) is 0 Å². The molecule has 1 amide bonds. The number of nitro benzene ring substituents is 1. The van der Waals surface area contributed by atoms with E-state index in [-0.39, 0.29) is 11.6 Å². The lowest BCUT2D eigenvalue weighted by atomic mass is 9.97. The predicted molar refractivity (Wildman–Crippen MR) is 125 cm³/mol. The number of benzene rings is 2. The van der Waals surface area contributed by atoms with E-state index < -0.39 is 4.92 Å². The number of piperazine rings is 1. The SMILES string of the molecule is COc1cccc(N2CCN(C(=O)c3cc([N+](=O)[O-])ccc3N3CCC(C)CC3)CC2)c1. The van der Waals surface area contributed by atoms with E-state index in [9.17, 15) is 14.9 Å². The minimum absolute atomic E-state index is 0.0440. The summed E-state index contributed by atoms with van der Waals surface area (Å²) >= 11 is 0. The molecule has 0 saturated carbocycles. The van der Waals surface area contributed by atoms with Crippen LogP contribution in [0.15, 0.2) is 42.5 Å². The van der Waals surface area contributed by atoms with Crippen LogP contribution in [0, 0.1) is 16.0 Å². The fourth-order valence-corrected chi connectivity index (χ4v) is 4.48. The summed E-state index contributed by atoms with van der Waals surface area (Å²) in [4.78, 5) is 30.7. The number of non-ortho nitro benzene ring substituents is 1. The smallest absolute Gasteiger partial charge is 0.270 e. The molecule has 0 atom stereocenters. The molecule has 170 valence electrons. The van der Waals surface area contributed by atoms with Gasteiger partial charge in [0.15, 0.2) is 0 Å². The van der Waals surface area contributed by atoms with Gasteiger partial charge in [-0.15, -0.1) is 0 Å². The maximum atomic E-state index is 13.5. The molecule has 0 aliphatic carbocycles. The number of hydrogen-bond donors (Lipinski definition) is 0. The summed E-state index contributed by atoms with van der Waals surface area (Å²) in [5, 5.41) is 11.4. The molecule has 2 saturated heterocycles. The van der Waals surface area contributed by atoms with Crippen molar-refractivity contribution in [3.63, 3.8) is 0 Å². The molecule has 8 nitrogen and oxygen atoms in total. The number of nitro groups is 1. The molecule has 0 bridgehead atoms. The van der Waals surface area contributed by atoms with Crippen LogP contribution >= 0.6 is 0 Å². The molecule has 8 heteroatoms. The molecule has 0 spiro atoms. The lowest BCUT2D eigenvalue weighted by Crippen LogP contribution is -2.49. The molecule has 4 rings (SSSR count). The van der Waals surface area contributed by atoms with E-state index in [2.05, 4.69) is 16.7 Å². The average Bonchev–Trinajstić information content (AvgIpc) is 2.84. The first-order valence-electron chi connectivity index (χ1n) is 11.2. The highest BCUT2D eigenvalue weighted by atomic mass is 16.6. The molecule has 0 aromatic heterocycles. The van der Waals surface area contributed by atoms with E-state index in [0.717, 1.165) is 43.1 Å². The Morgan fingerprint density at radius 3 is 2.38 bits per heavy atom. The van der Waals surface area contributed by atoms with Gasteiger partial charge in [-0.1, -0.05) is 13.0 Å². The van der Waals surface area contributed by atoms with E-state index in [1.165, 1.54) is 12.1 Å². The van der Waals surface area contributed by atoms with Crippen LogP contribution in [0.1, 0.15) is 30.1 Å². The van der Waals surface area contributed by atoms with Gasteiger partial charge in [0.1, 0.15) is 5.75 Å². The summed E-state index contributed by atoms with van der Waals surface area (Å²) in [6.07, 6.45) is 2.12. The number of anilines is 2. The monoisotopic (exact) mass is 438 g/mol. The second-order valence-electron chi connectivity index (χ2n) is 8.61. The fourth-order valence-electron chi connectivity index (χ4n) is 4.48. The van der Waals surface area contributed by atoms with E-state index >= 15 is 0 Å². The molecule has 2 aromatic carbocycles. The van der Waals surface area contributed by atoms with Gasteiger partial charge in [-0.25, -0.2) is 0 Å². The summed E-state index contributed by atoms with van der Waals surface area (Å²) in [5.74, 6) is 1.33. The van der Waals surface area contributed by atoms with E-state index in [1.807, 2.05) is 29.2 Å². The number of hydrogen-bond acceptors (Lipinski definition) is 6. The molecule has 2 aromatic rings. The van der Waals surface area contributed by atoms with Crippen molar-refractivity contribution in [1.29, 1.82) is 0 Å². The second kappa shape index (κ2) is 9.46. The molecule has 0 N–H and O–H groups in total. The zero-order chi connectivity index (χ0) is 22.7. The molecule has 2 aliphatic heterocycles. The van der Waals surface area contributed by atoms with Crippen LogP contribution in [0.4, 0.5) is 17.1 Å². The number of amides is 1. The number of piperidine rings is 1. The minimum Gasteiger partial charge on any atom is -0.497 e. The first-order valence-corrected chi connectivity index (χ1v) is 11.2. The Kier molecular flexibility index (Phi) is 6.48. The van der Waals surface area contributed by atoms with Crippen molar-refractivity contribution >= 4 is 23.0 Å². The van der Waals surface area contributed by atoms with Crippen molar-refractivity contribution < 1.29 is 14.5 Å². The Bertz CT molecular complexity index is 980. The number of ether oxygens (including phenoxy) is 1. The van der Waals surface area contributed by atoms with Crippen molar-refractivity contribution in [3.8, 4) is 5.75 Å². The van der Waals surface area contributed by atoms with Gasteiger partial charge in [-0.3, -0.25) is 14.9 Å². The summed E-state index contributed by atoms with van der Waals surface area (Å²) in [6, 6.07) is 12.6. The summed E-state index contributed by atoms with van der Waals surface area (Å²) in [5.41, 5.74) is 2.26. The largest absolute Gasteiger partial charge is 0.497 e. The predicted octanol–water partition coefficient (Wildman–Crippen LogP) is 3.80. The van der Waals surface area contributed by atoms with Gasteiger partial charge in [0.25, 0.3) is 11.6 Å². The molecule has 32 heavy (non-hydrogen) atoms. The third-order valence-corrected chi connectivity index (χ3v) is 6.53. The first kappa shape index (κ1) is 21.9. The number of rotatable bonds is 5. The molecular weight excluding hydrogens is 408 g/mol. The number of carbonyl (C=O) groups is 1. The zero-order valence-electron chi connectivity index (χ0n) is 18.7. The summed E-state index contributed by atoms with van der Waals surface area (Å²) in [6.45, 7) is 6.49. The van der Waals surface area contributed by atoms with Crippen LogP contribution in [-0.2, 0) is 0 Å². The average molecular weight is 439 g/mol. The van der Waals surface area contributed by atoms with Crippen LogP contribution < -0.4 is 14.5 Å². The third-order valence-electron chi connectivity index (χ3n) is 6.53. The van der Waals surface area contributed by atoms with Gasteiger partial charge in [0.05, 0.1) is 23.3 Å². The Labute approximate surface area is 188 Å².